The Morgan fingerprint density at radius 2 is 2.04 bits per heavy atom. The number of amides is 1. The van der Waals surface area contributed by atoms with Crippen LogP contribution in [0.1, 0.15) is 10.4 Å². The lowest BCUT2D eigenvalue weighted by Gasteiger charge is -2.36. The summed E-state index contributed by atoms with van der Waals surface area (Å²) in [4.78, 5) is 29.5. The molecular weight excluding hydrogens is 374 g/mol. The predicted molar refractivity (Wildman–Crippen MR) is 108 cm³/mol. The van der Waals surface area contributed by atoms with Gasteiger partial charge in [0.05, 0.1) is 18.1 Å². The number of rotatable bonds is 3. The summed E-state index contributed by atoms with van der Waals surface area (Å²) in [5, 5.41) is 7.41. The van der Waals surface area contributed by atoms with Crippen LogP contribution in [0.5, 0.6) is 0 Å². The molecule has 1 saturated heterocycles. The monoisotopic (exact) mass is 397 g/mol. The summed E-state index contributed by atoms with van der Waals surface area (Å²) in [6, 6.07) is 2.15. The molecule has 5 heterocycles. The largest absolute Gasteiger partial charge is 0.353 e. The van der Waals surface area contributed by atoms with Crippen molar-refractivity contribution in [2.45, 2.75) is 13.0 Å². The molecular formula is C19H23N7OS. The number of aromatic nitrogens is 4. The first kappa shape index (κ1) is 17.6. The summed E-state index contributed by atoms with van der Waals surface area (Å²) in [5.41, 5.74) is 2.17. The van der Waals surface area contributed by atoms with Gasteiger partial charge in [0.2, 0.25) is 5.91 Å². The van der Waals surface area contributed by atoms with E-state index in [9.17, 15) is 4.79 Å². The average molecular weight is 398 g/mol. The molecule has 0 aliphatic carbocycles. The van der Waals surface area contributed by atoms with Crippen LogP contribution in [0.2, 0.25) is 0 Å². The highest BCUT2D eigenvalue weighted by Crippen LogP contribution is 2.25. The molecule has 146 valence electrons. The van der Waals surface area contributed by atoms with Crippen molar-refractivity contribution in [1.82, 2.24) is 29.5 Å². The normalized spacial score (nSPS) is 17.9. The van der Waals surface area contributed by atoms with Crippen molar-refractivity contribution < 1.29 is 4.79 Å². The molecule has 8 nitrogen and oxygen atoms in total. The molecule has 0 saturated carbocycles. The first-order valence-electron chi connectivity index (χ1n) is 9.62. The SMILES string of the molecule is Cn1ncc2c(N3CCN(CC(=O)N4CCc5sccc5C4)CC3)ncnc21. The minimum atomic E-state index is 0.238. The van der Waals surface area contributed by atoms with Gasteiger partial charge in [0.1, 0.15) is 12.1 Å². The number of hydrogen-bond acceptors (Lipinski definition) is 7. The first-order chi connectivity index (χ1) is 13.7. The fourth-order valence-corrected chi connectivity index (χ4v) is 4.96. The van der Waals surface area contributed by atoms with Crippen molar-refractivity contribution in [2.75, 3.05) is 44.2 Å². The smallest absolute Gasteiger partial charge is 0.237 e. The van der Waals surface area contributed by atoms with E-state index in [0.717, 1.165) is 62.5 Å². The third-order valence-corrected chi connectivity index (χ3v) is 6.72. The number of anilines is 1. The number of aryl methyl sites for hydroxylation is 1. The van der Waals surface area contributed by atoms with E-state index in [0.29, 0.717) is 6.54 Å². The molecule has 0 unspecified atom stereocenters. The van der Waals surface area contributed by atoms with Gasteiger partial charge in [0, 0.05) is 51.2 Å². The minimum Gasteiger partial charge on any atom is -0.353 e. The van der Waals surface area contributed by atoms with Gasteiger partial charge in [-0.05, 0) is 23.4 Å². The molecule has 28 heavy (non-hydrogen) atoms. The molecule has 3 aromatic rings. The molecule has 0 atom stereocenters. The number of hydrogen-bond donors (Lipinski definition) is 0. The second kappa shape index (κ2) is 7.14. The van der Waals surface area contributed by atoms with E-state index in [1.54, 1.807) is 22.3 Å². The van der Waals surface area contributed by atoms with E-state index in [1.807, 2.05) is 18.1 Å². The topological polar surface area (TPSA) is 70.4 Å². The van der Waals surface area contributed by atoms with Crippen molar-refractivity contribution in [3.05, 3.63) is 34.4 Å². The van der Waals surface area contributed by atoms with E-state index in [-0.39, 0.29) is 5.91 Å². The first-order valence-corrected chi connectivity index (χ1v) is 10.5. The summed E-state index contributed by atoms with van der Waals surface area (Å²) in [7, 11) is 1.89. The molecule has 3 aromatic heterocycles. The fourth-order valence-electron chi connectivity index (χ4n) is 4.07. The molecule has 1 fully saturated rings. The average Bonchev–Trinajstić information content (AvgIpc) is 3.35. The highest BCUT2D eigenvalue weighted by atomic mass is 32.1. The van der Waals surface area contributed by atoms with Crippen LogP contribution in [0.3, 0.4) is 0 Å². The van der Waals surface area contributed by atoms with Crippen LogP contribution in [0, 0.1) is 0 Å². The zero-order chi connectivity index (χ0) is 19.1. The van der Waals surface area contributed by atoms with E-state index in [4.69, 9.17) is 0 Å². The molecule has 0 N–H and O–H groups in total. The van der Waals surface area contributed by atoms with Crippen LogP contribution < -0.4 is 4.90 Å². The number of thiophene rings is 1. The van der Waals surface area contributed by atoms with Crippen molar-refractivity contribution in [1.29, 1.82) is 0 Å². The molecule has 1 amide bonds. The maximum atomic E-state index is 12.8. The third-order valence-electron chi connectivity index (χ3n) is 5.70. The van der Waals surface area contributed by atoms with Crippen molar-refractivity contribution in [3.8, 4) is 0 Å². The van der Waals surface area contributed by atoms with Crippen LogP contribution >= 0.6 is 11.3 Å². The highest BCUT2D eigenvalue weighted by molar-refractivity contribution is 7.10. The molecule has 9 heteroatoms. The molecule has 0 radical (unpaired) electrons. The van der Waals surface area contributed by atoms with Gasteiger partial charge in [0.25, 0.3) is 0 Å². The van der Waals surface area contributed by atoms with Crippen LogP contribution in [-0.2, 0) is 24.8 Å². The Kier molecular flexibility index (Phi) is 4.48. The Labute approximate surface area is 167 Å². The summed E-state index contributed by atoms with van der Waals surface area (Å²) >= 11 is 1.80. The van der Waals surface area contributed by atoms with Gasteiger partial charge in [-0.3, -0.25) is 14.4 Å². The van der Waals surface area contributed by atoms with Gasteiger partial charge in [-0.1, -0.05) is 0 Å². The van der Waals surface area contributed by atoms with Gasteiger partial charge in [-0.25, -0.2) is 9.97 Å². The summed E-state index contributed by atoms with van der Waals surface area (Å²) in [6.07, 6.45) is 4.42. The number of nitrogens with zero attached hydrogens (tertiary/aromatic N) is 7. The zero-order valence-corrected chi connectivity index (χ0v) is 16.7. The van der Waals surface area contributed by atoms with Crippen LogP contribution in [-0.4, -0.2) is 74.7 Å². The number of carbonyl (C=O) groups excluding carboxylic acids is 1. The predicted octanol–water partition coefficient (Wildman–Crippen LogP) is 1.13. The van der Waals surface area contributed by atoms with Crippen LogP contribution in [0.15, 0.2) is 24.0 Å². The van der Waals surface area contributed by atoms with E-state index >= 15 is 0 Å². The molecule has 5 rings (SSSR count). The minimum absolute atomic E-state index is 0.238. The number of fused-ring (bicyclic) bond motifs is 2. The lowest BCUT2D eigenvalue weighted by molar-refractivity contribution is -0.133. The number of piperazine rings is 1. The van der Waals surface area contributed by atoms with Crippen molar-refractivity contribution in [3.63, 3.8) is 0 Å². The highest BCUT2D eigenvalue weighted by Gasteiger charge is 2.26. The van der Waals surface area contributed by atoms with Gasteiger partial charge in [-0.2, -0.15) is 5.10 Å². The summed E-state index contributed by atoms with van der Waals surface area (Å²) in [6.45, 7) is 5.51. The van der Waals surface area contributed by atoms with Gasteiger partial charge in [0.15, 0.2) is 5.65 Å². The molecule has 2 aliphatic rings. The lowest BCUT2D eigenvalue weighted by atomic mass is 10.1. The van der Waals surface area contributed by atoms with E-state index in [2.05, 4.69) is 36.3 Å². The van der Waals surface area contributed by atoms with E-state index < -0.39 is 0 Å². The zero-order valence-electron chi connectivity index (χ0n) is 15.9. The fraction of sp³-hybridized carbons (Fsp3) is 0.474. The van der Waals surface area contributed by atoms with Gasteiger partial charge >= 0.3 is 0 Å². The molecule has 2 aliphatic heterocycles. The van der Waals surface area contributed by atoms with E-state index in [1.165, 1.54) is 10.4 Å². The summed E-state index contributed by atoms with van der Waals surface area (Å²) in [5.74, 6) is 1.17. The van der Waals surface area contributed by atoms with Crippen molar-refractivity contribution in [2.24, 2.45) is 7.05 Å². The molecule has 0 bridgehead atoms. The molecule has 0 aromatic carbocycles. The maximum Gasteiger partial charge on any atom is 0.237 e. The van der Waals surface area contributed by atoms with Gasteiger partial charge in [-0.15, -0.1) is 11.3 Å². The Balaban J connectivity index is 1.20. The van der Waals surface area contributed by atoms with Crippen LogP contribution in [0.4, 0.5) is 5.82 Å². The third kappa shape index (κ3) is 3.14. The lowest BCUT2D eigenvalue weighted by Crippen LogP contribution is -2.50. The Hall–Kier alpha value is -2.52. The maximum absolute atomic E-state index is 12.8. The molecule has 0 spiro atoms. The van der Waals surface area contributed by atoms with Crippen molar-refractivity contribution >= 4 is 34.1 Å². The Bertz CT molecular complexity index is 1000. The Morgan fingerprint density at radius 1 is 1.18 bits per heavy atom. The standard InChI is InChI=1S/C19H23N7OS/c1-23-18-15(10-22-23)19(21-13-20-18)25-7-5-24(6-8-25)12-17(27)26-4-2-16-14(11-26)3-9-28-16/h3,9-10,13H,2,4-8,11-12H2,1H3. The number of carbonyl (C=O) groups is 1. The second-order valence-electron chi connectivity index (χ2n) is 7.40. The summed E-state index contributed by atoms with van der Waals surface area (Å²) < 4.78 is 1.77. The second-order valence-corrected chi connectivity index (χ2v) is 8.40. The quantitative estimate of drug-likeness (QED) is 0.660. The van der Waals surface area contributed by atoms with Crippen LogP contribution in [0.25, 0.3) is 11.0 Å². The Morgan fingerprint density at radius 3 is 2.89 bits per heavy atom. The van der Waals surface area contributed by atoms with Gasteiger partial charge < -0.3 is 9.80 Å².